The molecule has 0 aliphatic heterocycles. The monoisotopic (exact) mass is 267 g/mol. The van der Waals surface area contributed by atoms with Crippen LogP contribution in [0.5, 0.6) is 0 Å². The van der Waals surface area contributed by atoms with E-state index in [2.05, 4.69) is 15.0 Å². The summed E-state index contributed by atoms with van der Waals surface area (Å²) >= 11 is 0. The van der Waals surface area contributed by atoms with Crippen LogP contribution in [0.2, 0.25) is 0 Å². The molecule has 2 heterocycles. The number of nitrogens with zero attached hydrogens (tertiary/aromatic N) is 4. The molecule has 19 heavy (non-hydrogen) atoms. The molecule has 104 valence electrons. The highest BCUT2D eigenvalue weighted by molar-refractivity contribution is 5.70. The van der Waals surface area contributed by atoms with Crippen LogP contribution in [0.15, 0.2) is 12.5 Å². The molecule has 0 aromatic carbocycles. The molecule has 8 nitrogen and oxygen atoms in total. The molecule has 5 N–H and O–H groups in total. The molecule has 2 aromatic heterocycles. The summed E-state index contributed by atoms with van der Waals surface area (Å²) in [6, 6.07) is 0. The predicted molar refractivity (Wildman–Crippen MR) is 68.0 cm³/mol. The SMILES string of the molecule is Nc1ncc2ncn(CCC(CO)C(O)CO)c2n1. The van der Waals surface area contributed by atoms with Gasteiger partial charge in [-0.15, -0.1) is 0 Å². The van der Waals surface area contributed by atoms with Gasteiger partial charge in [-0.25, -0.2) is 9.97 Å². The van der Waals surface area contributed by atoms with Crippen LogP contribution in [0.25, 0.3) is 11.2 Å². The van der Waals surface area contributed by atoms with E-state index in [1.165, 1.54) is 0 Å². The molecule has 2 unspecified atom stereocenters. The second kappa shape index (κ2) is 5.91. The first kappa shape index (κ1) is 13.7. The third-order valence-electron chi connectivity index (χ3n) is 3.08. The van der Waals surface area contributed by atoms with E-state index >= 15 is 0 Å². The van der Waals surface area contributed by atoms with E-state index < -0.39 is 6.10 Å². The molecule has 0 saturated carbocycles. The van der Waals surface area contributed by atoms with Crippen molar-refractivity contribution >= 4 is 17.1 Å². The van der Waals surface area contributed by atoms with Gasteiger partial charge in [-0.05, 0) is 6.42 Å². The number of hydrogen-bond acceptors (Lipinski definition) is 7. The zero-order chi connectivity index (χ0) is 13.8. The van der Waals surface area contributed by atoms with Crippen molar-refractivity contribution in [3.63, 3.8) is 0 Å². The number of anilines is 1. The number of aliphatic hydroxyl groups is 3. The summed E-state index contributed by atoms with van der Waals surface area (Å²) in [5.41, 5.74) is 6.78. The Morgan fingerprint density at radius 2 is 2.05 bits per heavy atom. The van der Waals surface area contributed by atoms with Gasteiger partial charge >= 0.3 is 0 Å². The molecule has 0 radical (unpaired) electrons. The zero-order valence-electron chi connectivity index (χ0n) is 10.3. The number of hydrogen-bond donors (Lipinski definition) is 4. The summed E-state index contributed by atoms with van der Waals surface area (Å²) in [5.74, 6) is -0.218. The molecule has 0 bridgehead atoms. The molecular weight excluding hydrogens is 250 g/mol. The molecule has 2 aromatic rings. The fourth-order valence-electron chi connectivity index (χ4n) is 1.89. The lowest BCUT2D eigenvalue weighted by Crippen LogP contribution is -2.28. The molecular formula is C11H17N5O3. The van der Waals surface area contributed by atoms with E-state index in [1.807, 2.05) is 0 Å². The van der Waals surface area contributed by atoms with Crippen molar-refractivity contribution in [2.24, 2.45) is 5.92 Å². The van der Waals surface area contributed by atoms with E-state index in [9.17, 15) is 10.2 Å². The second-order valence-electron chi connectivity index (χ2n) is 4.36. The Bertz CT molecular complexity index is 544. The molecule has 0 saturated heterocycles. The Morgan fingerprint density at radius 3 is 2.74 bits per heavy atom. The van der Waals surface area contributed by atoms with Crippen molar-refractivity contribution < 1.29 is 15.3 Å². The summed E-state index contributed by atoms with van der Waals surface area (Å²) in [7, 11) is 0. The summed E-state index contributed by atoms with van der Waals surface area (Å²) in [4.78, 5) is 12.1. The number of fused-ring (bicyclic) bond motifs is 1. The first-order valence-corrected chi connectivity index (χ1v) is 5.98. The lowest BCUT2D eigenvalue weighted by Gasteiger charge is -2.18. The standard InChI is InChI=1S/C11H17N5O3/c12-11-13-3-8-10(15-11)16(6-14-8)2-1-7(4-17)9(19)5-18/h3,6-7,9,17-19H,1-2,4-5H2,(H2,12,13,15). The highest BCUT2D eigenvalue weighted by Crippen LogP contribution is 2.14. The summed E-state index contributed by atoms with van der Waals surface area (Å²) < 4.78 is 1.78. The van der Waals surface area contributed by atoms with Gasteiger partial charge in [0.1, 0.15) is 5.52 Å². The van der Waals surface area contributed by atoms with Crippen molar-refractivity contribution in [1.29, 1.82) is 0 Å². The van der Waals surface area contributed by atoms with E-state index in [-0.39, 0.29) is 25.1 Å². The van der Waals surface area contributed by atoms with Crippen molar-refractivity contribution in [3.05, 3.63) is 12.5 Å². The maximum atomic E-state index is 9.52. The third-order valence-corrected chi connectivity index (χ3v) is 3.08. The van der Waals surface area contributed by atoms with E-state index in [0.717, 1.165) is 0 Å². The largest absolute Gasteiger partial charge is 0.396 e. The molecule has 0 aliphatic carbocycles. The molecule has 0 aliphatic rings. The molecule has 2 rings (SSSR count). The number of imidazole rings is 1. The van der Waals surface area contributed by atoms with Crippen LogP contribution in [0.1, 0.15) is 6.42 Å². The van der Waals surface area contributed by atoms with Gasteiger partial charge in [0.2, 0.25) is 5.95 Å². The van der Waals surface area contributed by atoms with Crippen LogP contribution in [0.4, 0.5) is 5.95 Å². The number of nitrogens with two attached hydrogens (primary N) is 1. The summed E-state index contributed by atoms with van der Waals surface area (Å²) in [6.07, 6.45) is 2.71. The van der Waals surface area contributed by atoms with E-state index in [1.54, 1.807) is 17.1 Å². The summed E-state index contributed by atoms with van der Waals surface area (Å²) in [6.45, 7) is -0.0499. The van der Waals surface area contributed by atoms with Crippen LogP contribution >= 0.6 is 0 Å². The van der Waals surface area contributed by atoms with Gasteiger partial charge < -0.3 is 25.6 Å². The fraction of sp³-hybridized carbons (Fsp3) is 0.545. The number of aryl methyl sites for hydroxylation is 1. The smallest absolute Gasteiger partial charge is 0.222 e. The van der Waals surface area contributed by atoms with Gasteiger partial charge in [0.25, 0.3) is 0 Å². The predicted octanol–water partition coefficient (Wildman–Crippen LogP) is -1.24. The Balaban J connectivity index is 2.11. The molecule has 0 fully saturated rings. The minimum absolute atomic E-state index is 0.170. The maximum Gasteiger partial charge on any atom is 0.222 e. The minimum atomic E-state index is -0.931. The van der Waals surface area contributed by atoms with Crippen LogP contribution in [0.3, 0.4) is 0 Å². The highest BCUT2D eigenvalue weighted by atomic mass is 16.3. The minimum Gasteiger partial charge on any atom is -0.396 e. The number of rotatable bonds is 6. The second-order valence-corrected chi connectivity index (χ2v) is 4.36. The van der Waals surface area contributed by atoms with Crippen LogP contribution < -0.4 is 5.73 Å². The van der Waals surface area contributed by atoms with Crippen molar-refractivity contribution in [2.45, 2.75) is 19.1 Å². The highest BCUT2D eigenvalue weighted by Gasteiger charge is 2.18. The topological polar surface area (TPSA) is 130 Å². The number of aromatic nitrogens is 4. The zero-order valence-corrected chi connectivity index (χ0v) is 10.3. The van der Waals surface area contributed by atoms with Gasteiger partial charge in [0, 0.05) is 19.1 Å². The average molecular weight is 267 g/mol. The van der Waals surface area contributed by atoms with Crippen molar-refractivity contribution in [2.75, 3.05) is 18.9 Å². The van der Waals surface area contributed by atoms with Crippen LogP contribution in [-0.4, -0.2) is 54.2 Å². The van der Waals surface area contributed by atoms with Gasteiger partial charge in [0.15, 0.2) is 5.65 Å². The van der Waals surface area contributed by atoms with Gasteiger partial charge in [-0.3, -0.25) is 0 Å². The molecule has 8 heteroatoms. The Labute approximate surface area is 109 Å². The third kappa shape index (κ3) is 2.98. The van der Waals surface area contributed by atoms with Crippen molar-refractivity contribution in [3.8, 4) is 0 Å². The Hall–Kier alpha value is -1.77. The lowest BCUT2D eigenvalue weighted by atomic mass is 10.0. The molecule has 0 spiro atoms. The fourth-order valence-corrected chi connectivity index (χ4v) is 1.89. The van der Waals surface area contributed by atoms with E-state index in [4.69, 9.17) is 10.8 Å². The lowest BCUT2D eigenvalue weighted by molar-refractivity contribution is 0.0176. The van der Waals surface area contributed by atoms with Crippen LogP contribution in [-0.2, 0) is 6.54 Å². The summed E-state index contributed by atoms with van der Waals surface area (Å²) in [5, 5.41) is 27.6. The maximum absolute atomic E-state index is 9.52. The van der Waals surface area contributed by atoms with Gasteiger partial charge in [-0.1, -0.05) is 0 Å². The quantitative estimate of drug-likeness (QED) is 0.515. The normalized spacial score (nSPS) is 14.7. The Kier molecular flexibility index (Phi) is 4.25. The number of nitrogen functional groups attached to an aromatic ring is 1. The van der Waals surface area contributed by atoms with Crippen LogP contribution in [0, 0.1) is 5.92 Å². The first-order chi connectivity index (χ1) is 9.15. The average Bonchev–Trinajstić information content (AvgIpc) is 2.81. The Morgan fingerprint density at radius 1 is 1.26 bits per heavy atom. The van der Waals surface area contributed by atoms with Gasteiger partial charge in [-0.2, -0.15) is 4.98 Å². The van der Waals surface area contributed by atoms with Gasteiger partial charge in [0.05, 0.1) is 25.2 Å². The first-order valence-electron chi connectivity index (χ1n) is 5.98. The molecule has 0 amide bonds. The molecule has 2 atom stereocenters. The number of aliphatic hydroxyl groups excluding tert-OH is 3. The van der Waals surface area contributed by atoms with Crippen molar-refractivity contribution in [1.82, 2.24) is 19.5 Å². The van der Waals surface area contributed by atoms with E-state index in [0.29, 0.717) is 24.1 Å².